The summed E-state index contributed by atoms with van der Waals surface area (Å²) < 4.78 is 26.0. The lowest BCUT2D eigenvalue weighted by Gasteiger charge is -2.15. The molecule has 0 bridgehead atoms. The van der Waals surface area contributed by atoms with Gasteiger partial charge in [0.25, 0.3) is 0 Å². The van der Waals surface area contributed by atoms with E-state index in [0.29, 0.717) is 22.7 Å². The lowest BCUT2D eigenvalue weighted by Crippen LogP contribution is -2.30. The molecule has 1 unspecified atom stereocenters. The van der Waals surface area contributed by atoms with Crippen molar-refractivity contribution in [3.05, 3.63) is 64.4 Å². The fourth-order valence-electron chi connectivity index (χ4n) is 1.74. The van der Waals surface area contributed by atoms with Gasteiger partial charge in [-0.05, 0) is 36.2 Å². The van der Waals surface area contributed by atoms with Crippen LogP contribution in [0.15, 0.2) is 36.5 Å². The summed E-state index contributed by atoms with van der Waals surface area (Å²) in [5.41, 5.74) is 3.90. The molecule has 0 fully saturated rings. The van der Waals surface area contributed by atoms with Crippen LogP contribution < -0.4 is 11.3 Å². The number of hydrogen-bond donors (Lipinski definition) is 2. The first-order valence-electron chi connectivity index (χ1n) is 5.61. The van der Waals surface area contributed by atoms with Gasteiger partial charge in [0, 0.05) is 6.20 Å². The van der Waals surface area contributed by atoms with Crippen molar-refractivity contribution in [2.24, 2.45) is 5.84 Å². The summed E-state index contributed by atoms with van der Waals surface area (Å²) in [6.45, 7) is 0. The minimum absolute atomic E-state index is 0.304. The van der Waals surface area contributed by atoms with Gasteiger partial charge < -0.3 is 0 Å². The zero-order valence-electron chi connectivity index (χ0n) is 9.91. The Balaban J connectivity index is 2.18. The molecule has 1 atom stereocenters. The van der Waals surface area contributed by atoms with Crippen LogP contribution in [0.1, 0.15) is 17.3 Å². The number of hydrazine groups is 1. The quantitative estimate of drug-likeness (QED) is 0.670. The Morgan fingerprint density at radius 3 is 2.58 bits per heavy atom. The van der Waals surface area contributed by atoms with Crippen LogP contribution in [-0.2, 0) is 6.42 Å². The summed E-state index contributed by atoms with van der Waals surface area (Å²) in [6, 6.07) is 6.87. The maximum Gasteiger partial charge on any atom is 0.159 e. The van der Waals surface area contributed by atoms with Crippen LogP contribution >= 0.6 is 11.6 Å². The highest BCUT2D eigenvalue weighted by atomic mass is 35.5. The zero-order valence-corrected chi connectivity index (χ0v) is 10.7. The smallest absolute Gasteiger partial charge is 0.159 e. The fraction of sp³-hybridized carbons (Fsp3) is 0.154. The Hall–Kier alpha value is -1.56. The van der Waals surface area contributed by atoms with E-state index in [4.69, 9.17) is 17.4 Å². The highest BCUT2D eigenvalue weighted by molar-refractivity contribution is 6.30. The van der Waals surface area contributed by atoms with E-state index in [9.17, 15) is 8.78 Å². The van der Waals surface area contributed by atoms with Crippen LogP contribution in [0.25, 0.3) is 0 Å². The average Bonchev–Trinajstić information content (AvgIpc) is 2.41. The number of hydrogen-bond acceptors (Lipinski definition) is 3. The van der Waals surface area contributed by atoms with Crippen LogP contribution in [0.2, 0.25) is 5.02 Å². The number of aromatic nitrogens is 1. The van der Waals surface area contributed by atoms with Gasteiger partial charge in [-0.1, -0.05) is 17.7 Å². The molecule has 0 saturated heterocycles. The number of nitrogens with zero attached hydrogens (tertiary/aromatic N) is 1. The van der Waals surface area contributed by atoms with Crippen molar-refractivity contribution in [3.8, 4) is 0 Å². The molecule has 1 aromatic heterocycles. The predicted octanol–water partition coefficient (Wildman–Crippen LogP) is 2.76. The molecule has 0 spiro atoms. The number of nitrogens with two attached hydrogens (primary N) is 1. The van der Waals surface area contributed by atoms with Crippen LogP contribution in [0.5, 0.6) is 0 Å². The van der Waals surface area contributed by atoms with E-state index in [1.54, 1.807) is 12.1 Å². The number of nitrogens with one attached hydrogen (secondary N) is 1. The Bertz CT molecular complexity index is 560. The van der Waals surface area contributed by atoms with Gasteiger partial charge in [0.1, 0.15) is 0 Å². The molecule has 1 heterocycles. The van der Waals surface area contributed by atoms with E-state index < -0.39 is 11.6 Å². The second-order valence-corrected chi connectivity index (χ2v) is 4.51. The highest BCUT2D eigenvalue weighted by Gasteiger charge is 2.13. The first kappa shape index (κ1) is 13.9. The molecule has 0 aliphatic carbocycles. The number of rotatable bonds is 4. The molecule has 2 rings (SSSR count). The molecule has 3 N–H and O–H groups in total. The minimum Gasteiger partial charge on any atom is -0.271 e. The van der Waals surface area contributed by atoms with Gasteiger partial charge in [0.2, 0.25) is 0 Å². The van der Waals surface area contributed by atoms with Gasteiger partial charge in [-0.3, -0.25) is 16.3 Å². The second-order valence-electron chi connectivity index (χ2n) is 4.07. The summed E-state index contributed by atoms with van der Waals surface area (Å²) in [7, 11) is 0. The van der Waals surface area contributed by atoms with Crippen LogP contribution in [-0.4, -0.2) is 4.98 Å². The lowest BCUT2D eigenvalue weighted by atomic mass is 10.0. The summed E-state index contributed by atoms with van der Waals surface area (Å²) in [4.78, 5) is 4.14. The number of pyridine rings is 1. The molecule has 0 aliphatic heterocycles. The third-order valence-corrected chi connectivity index (χ3v) is 2.96. The van der Waals surface area contributed by atoms with E-state index in [1.807, 2.05) is 0 Å². The lowest BCUT2D eigenvalue weighted by molar-refractivity contribution is 0.501. The highest BCUT2D eigenvalue weighted by Crippen LogP contribution is 2.19. The van der Waals surface area contributed by atoms with Crippen molar-refractivity contribution in [3.63, 3.8) is 0 Å². The average molecular weight is 284 g/mol. The molecule has 0 radical (unpaired) electrons. The number of benzene rings is 1. The van der Waals surface area contributed by atoms with E-state index in [0.717, 1.165) is 12.1 Å². The van der Waals surface area contributed by atoms with Crippen molar-refractivity contribution in [1.29, 1.82) is 0 Å². The first-order valence-corrected chi connectivity index (χ1v) is 5.99. The zero-order chi connectivity index (χ0) is 13.8. The fourth-order valence-corrected chi connectivity index (χ4v) is 1.86. The molecule has 19 heavy (non-hydrogen) atoms. The Kier molecular flexibility index (Phi) is 4.42. The molecule has 0 saturated carbocycles. The van der Waals surface area contributed by atoms with Crippen molar-refractivity contribution in [2.45, 2.75) is 12.5 Å². The van der Waals surface area contributed by atoms with E-state index in [-0.39, 0.29) is 6.04 Å². The normalized spacial score (nSPS) is 12.4. The van der Waals surface area contributed by atoms with Gasteiger partial charge in [0.05, 0.1) is 16.8 Å². The van der Waals surface area contributed by atoms with Crippen LogP contribution in [0, 0.1) is 11.6 Å². The summed E-state index contributed by atoms with van der Waals surface area (Å²) in [6.07, 6.45) is 1.90. The van der Waals surface area contributed by atoms with E-state index >= 15 is 0 Å². The van der Waals surface area contributed by atoms with Crippen LogP contribution in [0.3, 0.4) is 0 Å². The van der Waals surface area contributed by atoms with Crippen molar-refractivity contribution in [1.82, 2.24) is 10.4 Å². The van der Waals surface area contributed by atoms with Gasteiger partial charge >= 0.3 is 0 Å². The maximum absolute atomic E-state index is 13.1. The number of halogens is 3. The molecule has 0 aliphatic rings. The van der Waals surface area contributed by atoms with Gasteiger partial charge in [0.15, 0.2) is 11.6 Å². The Morgan fingerprint density at radius 1 is 1.21 bits per heavy atom. The van der Waals surface area contributed by atoms with Crippen molar-refractivity contribution < 1.29 is 8.78 Å². The maximum atomic E-state index is 13.1. The third kappa shape index (κ3) is 3.47. The van der Waals surface area contributed by atoms with Gasteiger partial charge in [-0.25, -0.2) is 8.78 Å². The minimum atomic E-state index is -0.877. The molecule has 100 valence electrons. The molecule has 6 heteroatoms. The topological polar surface area (TPSA) is 50.9 Å². The van der Waals surface area contributed by atoms with E-state index in [1.165, 1.54) is 12.3 Å². The monoisotopic (exact) mass is 283 g/mol. The largest absolute Gasteiger partial charge is 0.271 e. The molecular weight excluding hydrogens is 272 g/mol. The summed E-state index contributed by atoms with van der Waals surface area (Å²) in [5, 5.41) is 0.521. The molecule has 0 amide bonds. The molecule has 2 aromatic rings. The first-order chi connectivity index (χ1) is 9.10. The van der Waals surface area contributed by atoms with Gasteiger partial charge in [-0.15, -0.1) is 0 Å². The summed E-state index contributed by atoms with van der Waals surface area (Å²) >= 11 is 5.75. The Labute approximate surface area is 114 Å². The van der Waals surface area contributed by atoms with Crippen LogP contribution in [0.4, 0.5) is 8.78 Å². The van der Waals surface area contributed by atoms with Crippen molar-refractivity contribution >= 4 is 11.6 Å². The van der Waals surface area contributed by atoms with Crippen molar-refractivity contribution in [2.75, 3.05) is 0 Å². The SMILES string of the molecule is NNC(Cc1ccc(F)c(F)c1)c1ccc(Cl)cn1. The summed E-state index contributed by atoms with van der Waals surface area (Å²) in [5.74, 6) is 3.72. The second kappa shape index (κ2) is 6.06. The van der Waals surface area contributed by atoms with E-state index in [2.05, 4.69) is 10.4 Å². The van der Waals surface area contributed by atoms with Gasteiger partial charge in [-0.2, -0.15) is 0 Å². The molecule has 1 aromatic carbocycles. The predicted molar refractivity (Wildman–Crippen MR) is 69.4 cm³/mol. The third-order valence-electron chi connectivity index (χ3n) is 2.73. The standard InChI is InChI=1S/C13H12ClF2N3/c14-9-2-4-12(18-7-9)13(19-17)6-8-1-3-10(15)11(16)5-8/h1-5,7,13,19H,6,17H2. The molecule has 3 nitrogen and oxygen atoms in total. The Morgan fingerprint density at radius 2 is 2.00 bits per heavy atom. The molecular formula is C13H12ClF2N3.